The molecule has 0 spiro atoms. The Morgan fingerprint density at radius 3 is 2.95 bits per heavy atom. The lowest BCUT2D eigenvalue weighted by molar-refractivity contribution is 0.0179. The van der Waals surface area contributed by atoms with Crippen LogP contribution in [0.2, 0.25) is 0 Å². The Bertz CT molecular complexity index is 408. The van der Waals surface area contributed by atoms with Crippen LogP contribution >= 0.6 is 0 Å². The molecule has 1 aromatic rings. The molecule has 2 atom stereocenters. The van der Waals surface area contributed by atoms with E-state index in [0.29, 0.717) is 25.6 Å². The third kappa shape index (κ3) is 3.77. The zero-order valence-electron chi connectivity index (χ0n) is 12.6. The van der Waals surface area contributed by atoms with Crippen LogP contribution in [0.1, 0.15) is 57.3 Å². The van der Waals surface area contributed by atoms with Crippen LogP contribution in [0.15, 0.2) is 4.52 Å². The summed E-state index contributed by atoms with van der Waals surface area (Å²) in [6, 6.07) is 0.155. The van der Waals surface area contributed by atoms with Crippen molar-refractivity contribution in [3.8, 4) is 0 Å². The van der Waals surface area contributed by atoms with Crippen LogP contribution in [0.4, 0.5) is 0 Å². The van der Waals surface area contributed by atoms with Crippen LogP contribution in [0.3, 0.4) is 0 Å². The van der Waals surface area contributed by atoms with Crippen LogP contribution in [0.25, 0.3) is 0 Å². The molecule has 0 bridgehead atoms. The summed E-state index contributed by atoms with van der Waals surface area (Å²) in [6.07, 6.45) is 1.64. The number of hydrogen-bond donors (Lipinski definition) is 1. The van der Waals surface area contributed by atoms with Crippen LogP contribution < -0.4 is 0 Å². The second-order valence-corrected chi connectivity index (χ2v) is 5.61. The van der Waals surface area contributed by atoms with Gasteiger partial charge in [0.15, 0.2) is 5.82 Å². The fraction of sp³-hybridized carbons (Fsp3) is 0.857. The maximum absolute atomic E-state index is 9.97. The highest BCUT2D eigenvalue weighted by atomic mass is 16.5. The van der Waals surface area contributed by atoms with Gasteiger partial charge in [0.2, 0.25) is 5.89 Å². The number of aromatic nitrogens is 2. The number of rotatable bonds is 7. The molecule has 0 saturated carbocycles. The fourth-order valence-electron chi connectivity index (χ4n) is 2.53. The van der Waals surface area contributed by atoms with Crippen molar-refractivity contribution in [3.63, 3.8) is 0 Å². The van der Waals surface area contributed by atoms with Crippen molar-refractivity contribution in [3.05, 3.63) is 11.7 Å². The molecular weight excluding hydrogens is 258 g/mol. The SMILES string of the molecule is CCOCC(O)CN1CCCC1c1noc(C(C)C)n1. The molecule has 6 nitrogen and oxygen atoms in total. The molecule has 2 heterocycles. The first-order valence-corrected chi connectivity index (χ1v) is 7.45. The number of hydrogen-bond acceptors (Lipinski definition) is 6. The zero-order chi connectivity index (χ0) is 14.5. The monoisotopic (exact) mass is 283 g/mol. The lowest BCUT2D eigenvalue weighted by Gasteiger charge is -2.24. The second-order valence-electron chi connectivity index (χ2n) is 5.61. The van der Waals surface area contributed by atoms with Gasteiger partial charge < -0.3 is 14.4 Å². The van der Waals surface area contributed by atoms with Crippen molar-refractivity contribution in [1.29, 1.82) is 0 Å². The van der Waals surface area contributed by atoms with Crippen molar-refractivity contribution in [2.24, 2.45) is 0 Å². The van der Waals surface area contributed by atoms with Gasteiger partial charge in [-0.2, -0.15) is 4.98 Å². The number of aliphatic hydroxyl groups is 1. The van der Waals surface area contributed by atoms with Gasteiger partial charge in [-0.1, -0.05) is 19.0 Å². The largest absolute Gasteiger partial charge is 0.389 e. The van der Waals surface area contributed by atoms with Gasteiger partial charge in [-0.15, -0.1) is 0 Å². The Morgan fingerprint density at radius 2 is 2.30 bits per heavy atom. The average molecular weight is 283 g/mol. The van der Waals surface area contributed by atoms with Gasteiger partial charge in [0.1, 0.15) is 0 Å². The Labute approximate surface area is 120 Å². The molecule has 2 unspecified atom stereocenters. The topological polar surface area (TPSA) is 71.6 Å². The summed E-state index contributed by atoms with van der Waals surface area (Å²) in [5.74, 6) is 1.67. The first kappa shape index (κ1) is 15.4. The summed E-state index contributed by atoms with van der Waals surface area (Å²) < 4.78 is 10.5. The molecule has 0 radical (unpaired) electrons. The van der Waals surface area contributed by atoms with E-state index in [1.54, 1.807) is 0 Å². The first-order valence-electron chi connectivity index (χ1n) is 7.45. The summed E-state index contributed by atoms with van der Waals surface area (Å²) in [6.45, 7) is 8.56. The summed E-state index contributed by atoms with van der Waals surface area (Å²) in [7, 11) is 0. The van der Waals surface area contributed by atoms with Crippen molar-refractivity contribution < 1.29 is 14.4 Å². The molecule has 1 aliphatic heterocycles. The third-order valence-electron chi connectivity index (χ3n) is 3.57. The van der Waals surface area contributed by atoms with E-state index in [4.69, 9.17) is 9.26 Å². The lowest BCUT2D eigenvalue weighted by atomic mass is 10.2. The van der Waals surface area contributed by atoms with Gasteiger partial charge in [0.25, 0.3) is 0 Å². The van der Waals surface area contributed by atoms with E-state index in [1.165, 1.54) is 0 Å². The molecule has 1 aromatic heterocycles. The number of nitrogens with zero attached hydrogens (tertiary/aromatic N) is 3. The lowest BCUT2D eigenvalue weighted by Crippen LogP contribution is -2.35. The number of aliphatic hydroxyl groups excluding tert-OH is 1. The minimum absolute atomic E-state index is 0.155. The van der Waals surface area contributed by atoms with E-state index in [1.807, 2.05) is 20.8 Å². The predicted molar refractivity (Wildman–Crippen MR) is 74.4 cm³/mol. The zero-order valence-corrected chi connectivity index (χ0v) is 12.6. The van der Waals surface area contributed by atoms with Crippen LogP contribution in [0.5, 0.6) is 0 Å². The molecule has 1 fully saturated rings. The van der Waals surface area contributed by atoms with Crippen LogP contribution in [0, 0.1) is 0 Å². The minimum Gasteiger partial charge on any atom is -0.389 e. The van der Waals surface area contributed by atoms with Crippen molar-refractivity contribution >= 4 is 0 Å². The van der Waals surface area contributed by atoms with Crippen LogP contribution in [-0.2, 0) is 4.74 Å². The van der Waals surface area contributed by atoms with Gasteiger partial charge in [0.05, 0.1) is 18.8 Å². The molecule has 0 amide bonds. The van der Waals surface area contributed by atoms with Crippen molar-refractivity contribution in [2.75, 3.05) is 26.3 Å². The predicted octanol–water partition coefficient (Wildman–Crippen LogP) is 1.73. The number of ether oxygens (including phenoxy) is 1. The van der Waals surface area contributed by atoms with Gasteiger partial charge in [-0.05, 0) is 26.3 Å². The van der Waals surface area contributed by atoms with E-state index >= 15 is 0 Å². The molecule has 1 saturated heterocycles. The Balaban J connectivity index is 1.95. The second kappa shape index (κ2) is 7.15. The summed E-state index contributed by atoms with van der Waals surface area (Å²) >= 11 is 0. The van der Waals surface area contributed by atoms with E-state index in [9.17, 15) is 5.11 Å². The van der Waals surface area contributed by atoms with Crippen LogP contribution in [-0.4, -0.2) is 52.6 Å². The molecular formula is C14H25N3O3. The molecule has 0 aromatic carbocycles. The minimum atomic E-state index is -0.466. The Kier molecular flexibility index (Phi) is 5.51. The summed E-state index contributed by atoms with van der Waals surface area (Å²) in [5.41, 5.74) is 0. The van der Waals surface area contributed by atoms with E-state index in [0.717, 1.165) is 25.2 Å². The Morgan fingerprint density at radius 1 is 1.50 bits per heavy atom. The van der Waals surface area contributed by atoms with Gasteiger partial charge in [-0.25, -0.2) is 0 Å². The highest BCUT2D eigenvalue weighted by Crippen LogP contribution is 2.30. The Hall–Kier alpha value is -0.980. The van der Waals surface area contributed by atoms with E-state index in [-0.39, 0.29) is 12.0 Å². The maximum atomic E-state index is 9.97. The summed E-state index contributed by atoms with van der Waals surface area (Å²) in [5, 5.41) is 14.1. The average Bonchev–Trinajstić information content (AvgIpc) is 3.04. The quantitative estimate of drug-likeness (QED) is 0.821. The highest BCUT2D eigenvalue weighted by Gasteiger charge is 2.31. The molecule has 1 N–H and O–H groups in total. The molecule has 2 rings (SSSR count). The van der Waals surface area contributed by atoms with Crippen molar-refractivity contribution in [2.45, 2.75) is 51.7 Å². The first-order chi connectivity index (χ1) is 9.61. The number of likely N-dealkylation sites (tertiary alicyclic amines) is 1. The van der Waals surface area contributed by atoms with Crippen molar-refractivity contribution in [1.82, 2.24) is 15.0 Å². The molecule has 6 heteroatoms. The molecule has 0 aliphatic carbocycles. The normalized spacial score (nSPS) is 21.8. The third-order valence-corrected chi connectivity index (χ3v) is 3.57. The highest BCUT2D eigenvalue weighted by molar-refractivity contribution is 5.00. The summed E-state index contributed by atoms with van der Waals surface area (Å²) in [4.78, 5) is 6.70. The van der Waals surface area contributed by atoms with Gasteiger partial charge >= 0.3 is 0 Å². The van der Waals surface area contributed by atoms with E-state index in [2.05, 4.69) is 15.0 Å². The van der Waals surface area contributed by atoms with E-state index < -0.39 is 6.10 Å². The standard InChI is InChI=1S/C14H25N3O3/c1-4-19-9-11(18)8-17-7-5-6-12(17)13-15-14(10(2)3)20-16-13/h10-12,18H,4-9H2,1-3H3. The maximum Gasteiger partial charge on any atom is 0.229 e. The molecule has 20 heavy (non-hydrogen) atoms. The van der Waals surface area contributed by atoms with Gasteiger partial charge in [0, 0.05) is 19.1 Å². The smallest absolute Gasteiger partial charge is 0.229 e. The fourth-order valence-corrected chi connectivity index (χ4v) is 2.53. The number of β-amino-alcohol motifs (C(OH)–C–C–N with tert-alkyl or cyclic N) is 1. The molecule has 1 aliphatic rings. The van der Waals surface area contributed by atoms with Gasteiger partial charge in [-0.3, -0.25) is 4.90 Å². The molecule has 114 valence electrons.